The van der Waals surface area contributed by atoms with Gasteiger partial charge in [-0.15, -0.1) is 0 Å². The second kappa shape index (κ2) is 6.17. The maximum absolute atomic E-state index is 5.77. The van der Waals surface area contributed by atoms with E-state index in [9.17, 15) is 0 Å². The zero-order valence-corrected chi connectivity index (χ0v) is 15.5. The molecule has 1 N–H and O–H groups in total. The summed E-state index contributed by atoms with van der Waals surface area (Å²) in [5, 5.41) is 1.30. The fourth-order valence-electron chi connectivity index (χ4n) is 3.03. The van der Waals surface area contributed by atoms with Gasteiger partial charge in [0, 0.05) is 23.6 Å². The van der Waals surface area contributed by atoms with E-state index < -0.39 is 0 Å². The summed E-state index contributed by atoms with van der Waals surface area (Å²) in [6.45, 7) is 2.52. The zero-order chi connectivity index (χ0) is 15.8. The fourth-order valence-corrected chi connectivity index (χ4v) is 4.17. The lowest BCUT2D eigenvalue weighted by Crippen LogP contribution is -2.34. The number of benzene rings is 1. The van der Waals surface area contributed by atoms with E-state index in [1.165, 1.54) is 16.5 Å². The minimum Gasteiger partial charge on any atom is -0.487 e. The van der Waals surface area contributed by atoms with E-state index in [0.29, 0.717) is 6.61 Å². The van der Waals surface area contributed by atoms with Crippen LogP contribution in [0.4, 0.5) is 5.69 Å². The van der Waals surface area contributed by atoms with E-state index in [1.54, 1.807) is 0 Å². The summed E-state index contributed by atoms with van der Waals surface area (Å²) in [4.78, 5) is 10.1. The van der Waals surface area contributed by atoms with Crippen LogP contribution in [-0.4, -0.2) is 29.7 Å². The highest BCUT2D eigenvalue weighted by Gasteiger charge is 2.22. The molecule has 1 aliphatic heterocycles. The number of rotatable bonds is 3. The molecule has 118 valence electrons. The number of para-hydroxylation sites is 1. The molecule has 3 aromatic rings. The Hall–Kier alpha value is -1.53. The average Bonchev–Trinajstić information content (AvgIpc) is 2.96. The molecule has 0 radical (unpaired) electrons. The molecule has 0 saturated carbocycles. The van der Waals surface area contributed by atoms with Crippen molar-refractivity contribution in [3.63, 3.8) is 0 Å². The van der Waals surface area contributed by atoms with Gasteiger partial charge < -0.3 is 14.6 Å². The number of aromatic amines is 1. The normalized spacial score (nSPS) is 13.9. The molecule has 23 heavy (non-hydrogen) atoms. The smallest absolute Gasteiger partial charge is 0.175 e. The van der Waals surface area contributed by atoms with E-state index >= 15 is 0 Å². The lowest BCUT2D eigenvalue weighted by Gasteiger charge is -2.31. The maximum atomic E-state index is 5.77. The molecule has 6 heteroatoms. The van der Waals surface area contributed by atoms with E-state index in [0.717, 1.165) is 40.2 Å². The molecule has 4 nitrogen and oxygen atoms in total. The van der Waals surface area contributed by atoms with Crippen LogP contribution in [0.2, 0.25) is 0 Å². The van der Waals surface area contributed by atoms with Crippen LogP contribution in [-0.2, 0) is 6.42 Å². The average molecular weight is 437 g/mol. The summed E-state index contributed by atoms with van der Waals surface area (Å²) in [7, 11) is 0. The van der Waals surface area contributed by atoms with Gasteiger partial charge in [0.15, 0.2) is 10.4 Å². The van der Waals surface area contributed by atoms with Gasteiger partial charge in [-0.2, -0.15) is 0 Å². The molecular weight excluding hydrogens is 422 g/mol. The number of halogens is 2. The number of nitrogens with zero attached hydrogens (tertiary/aromatic N) is 2. The van der Waals surface area contributed by atoms with Crippen molar-refractivity contribution in [1.82, 2.24) is 9.97 Å². The van der Waals surface area contributed by atoms with Gasteiger partial charge in [0.2, 0.25) is 0 Å². The predicted octanol–water partition coefficient (Wildman–Crippen LogP) is 4.53. The Morgan fingerprint density at radius 1 is 1.26 bits per heavy atom. The first-order chi connectivity index (χ1) is 11.2. The minimum absolute atomic E-state index is 0.683. The lowest BCUT2D eigenvalue weighted by molar-refractivity contribution is 0.304. The van der Waals surface area contributed by atoms with Crippen LogP contribution in [0, 0.1) is 0 Å². The Morgan fingerprint density at radius 3 is 3.04 bits per heavy atom. The van der Waals surface area contributed by atoms with Crippen LogP contribution < -0.4 is 9.64 Å². The van der Waals surface area contributed by atoms with E-state index in [4.69, 9.17) is 4.74 Å². The molecule has 0 spiro atoms. The molecule has 1 aliphatic rings. The number of ether oxygens (including phenoxy) is 1. The van der Waals surface area contributed by atoms with Crippen LogP contribution in [0.5, 0.6) is 5.75 Å². The monoisotopic (exact) mass is 435 g/mol. The third kappa shape index (κ3) is 2.85. The van der Waals surface area contributed by atoms with E-state index in [-0.39, 0.29) is 0 Å². The lowest BCUT2D eigenvalue weighted by atomic mass is 10.1. The Kier molecular flexibility index (Phi) is 4.03. The number of fused-ring (bicyclic) bond motifs is 2. The maximum Gasteiger partial charge on any atom is 0.175 e. The summed E-state index contributed by atoms with van der Waals surface area (Å²) in [6.07, 6.45) is 3.10. The molecule has 0 bridgehead atoms. The van der Waals surface area contributed by atoms with Crippen LogP contribution in [0.3, 0.4) is 0 Å². The number of H-pyrrole nitrogens is 1. The van der Waals surface area contributed by atoms with Crippen LogP contribution >= 0.6 is 31.9 Å². The molecule has 4 rings (SSSR count). The number of aromatic nitrogens is 2. The Morgan fingerprint density at radius 2 is 2.13 bits per heavy atom. The zero-order valence-electron chi connectivity index (χ0n) is 12.4. The number of pyridine rings is 1. The first kappa shape index (κ1) is 15.0. The predicted molar refractivity (Wildman–Crippen MR) is 99.3 cm³/mol. The van der Waals surface area contributed by atoms with Gasteiger partial charge in [0.1, 0.15) is 11.2 Å². The van der Waals surface area contributed by atoms with Gasteiger partial charge in [-0.1, -0.05) is 18.2 Å². The Labute approximate surface area is 151 Å². The second-order valence-electron chi connectivity index (χ2n) is 5.53. The highest BCUT2D eigenvalue weighted by atomic mass is 79.9. The molecule has 2 aromatic heterocycles. The van der Waals surface area contributed by atoms with Gasteiger partial charge in [-0.25, -0.2) is 4.98 Å². The molecule has 0 atom stereocenters. The number of anilines is 1. The van der Waals surface area contributed by atoms with Crippen molar-refractivity contribution in [3.8, 4) is 5.75 Å². The highest BCUT2D eigenvalue weighted by molar-refractivity contribution is 9.11. The summed E-state index contributed by atoms with van der Waals surface area (Å²) < 4.78 is 7.33. The highest BCUT2D eigenvalue weighted by Crippen LogP contribution is 2.38. The standard InChI is InChI=1S/C17H15Br2N3O/c18-15-9-14-16(17(19)21-15)23-8-7-22(14)6-5-11-10-20-13-4-2-1-3-12(11)13/h1-4,9-10,20H,5-8H2. The first-order valence-corrected chi connectivity index (χ1v) is 9.10. The van der Waals surface area contributed by atoms with Crippen LogP contribution in [0.1, 0.15) is 5.56 Å². The molecule has 1 aromatic carbocycles. The molecule has 0 amide bonds. The Bertz CT molecular complexity index is 862. The molecule has 0 unspecified atom stereocenters. The van der Waals surface area contributed by atoms with Crippen LogP contribution in [0.15, 0.2) is 45.7 Å². The van der Waals surface area contributed by atoms with Crippen LogP contribution in [0.25, 0.3) is 10.9 Å². The third-order valence-corrected chi connectivity index (χ3v) is 5.10. The summed E-state index contributed by atoms with van der Waals surface area (Å²) in [5.41, 5.74) is 3.63. The van der Waals surface area contributed by atoms with Crippen molar-refractivity contribution in [2.45, 2.75) is 6.42 Å². The molecule has 3 heterocycles. The first-order valence-electron chi connectivity index (χ1n) is 7.51. The van der Waals surface area contributed by atoms with Crippen molar-refractivity contribution < 1.29 is 4.74 Å². The van der Waals surface area contributed by atoms with E-state index in [2.05, 4.69) is 77.2 Å². The number of hydrogen-bond donors (Lipinski definition) is 1. The molecule has 0 saturated heterocycles. The van der Waals surface area contributed by atoms with Gasteiger partial charge in [-0.05, 0) is 56.0 Å². The van der Waals surface area contributed by atoms with Gasteiger partial charge in [-0.3, -0.25) is 0 Å². The van der Waals surface area contributed by atoms with Gasteiger partial charge in [0.05, 0.1) is 12.2 Å². The summed E-state index contributed by atoms with van der Waals surface area (Å²) in [6, 6.07) is 10.5. The Balaban J connectivity index is 1.59. The van der Waals surface area contributed by atoms with Crippen molar-refractivity contribution in [3.05, 3.63) is 51.3 Å². The SMILES string of the molecule is Brc1cc2c(c(Br)n1)OCCN2CCc1c[nH]c2ccccc12. The van der Waals surface area contributed by atoms with Gasteiger partial charge in [0.25, 0.3) is 0 Å². The van der Waals surface area contributed by atoms with Crippen molar-refractivity contribution in [2.24, 2.45) is 0 Å². The third-order valence-electron chi connectivity index (χ3n) is 4.16. The summed E-state index contributed by atoms with van der Waals surface area (Å²) in [5.74, 6) is 0.832. The van der Waals surface area contributed by atoms with E-state index in [1.807, 2.05) is 6.07 Å². The number of hydrogen-bond acceptors (Lipinski definition) is 3. The van der Waals surface area contributed by atoms with Gasteiger partial charge >= 0.3 is 0 Å². The molecule has 0 aliphatic carbocycles. The minimum atomic E-state index is 0.683. The quantitative estimate of drug-likeness (QED) is 0.613. The largest absolute Gasteiger partial charge is 0.487 e. The topological polar surface area (TPSA) is 41.1 Å². The second-order valence-corrected chi connectivity index (χ2v) is 7.09. The van der Waals surface area contributed by atoms with Crippen molar-refractivity contribution in [2.75, 3.05) is 24.6 Å². The van der Waals surface area contributed by atoms with Crippen molar-refractivity contribution in [1.29, 1.82) is 0 Å². The molecular formula is C17H15Br2N3O. The summed E-state index contributed by atoms with van der Waals surface area (Å²) >= 11 is 6.95. The fraction of sp³-hybridized carbons (Fsp3) is 0.235. The number of nitrogens with one attached hydrogen (secondary N) is 1. The van der Waals surface area contributed by atoms with Crippen molar-refractivity contribution >= 4 is 48.5 Å². The molecule has 0 fully saturated rings.